The summed E-state index contributed by atoms with van der Waals surface area (Å²) in [5.41, 5.74) is 10.7. The maximum Gasteiger partial charge on any atom is 0.125 e. The van der Waals surface area contributed by atoms with Crippen LogP contribution in [0.2, 0.25) is 0 Å². The maximum atomic E-state index is 5.64. The summed E-state index contributed by atoms with van der Waals surface area (Å²) in [5, 5.41) is 0. The first-order chi connectivity index (χ1) is 8.43. The number of nitrogens with two attached hydrogens (primary N) is 1. The molecule has 0 aliphatic carbocycles. The number of ether oxygens (including phenoxy) is 1. The number of halogens is 1. The first kappa shape index (κ1) is 15.5. The van der Waals surface area contributed by atoms with Gasteiger partial charge in [-0.2, -0.15) is 0 Å². The van der Waals surface area contributed by atoms with Gasteiger partial charge in [0.25, 0.3) is 0 Å². The molecule has 18 heavy (non-hydrogen) atoms. The van der Waals surface area contributed by atoms with Gasteiger partial charge in [-0.05, 0) is 68.3 Å². The van der Waals surface area contributed by atoms with Crippen LogP contribution in [0.25, 0.3) is 0 Å². The smallest absolute Gasteiger partial charge is 0.125 e. The molecule has 0 heterocycles. The average molecular weight is 314 g/mol. The molecule has 1 unspecified atom stereocenters. The van der Waals surface area contributed by atoms with E-state index in [1.165, 1.54) is 26.7 Å². The van der Waals surface area contributed by atoms with Crippen molar-refractivity contribution in [3.63, 3.8) is 0 Å². The highest BCUT2D eigenvalue weighted by Gasteiger charge is 2.18. The topological polar surface area (TPSA) is 35.2 Å². The van der Waals surface area contributed by atoms with Crippen LogP contribution >= 0.6 is 15.9 Å². The Bertz CT molecular complexity index is 429. The largest absolute Gasteiger partial charge is 0.496 e. The standard InChI is InChI=1S/C15H24BrNO/c1-9(6-7-17)8-13-12(4)14(16)10(2)11(3)15(13)18-5/h9H,6-8,17H2,1-5H3. The van der Waals surface area contributed by atoms with E-state index in [2.05, 4.69) is 43.6 Å². The zero-order valence-corrected chi connectivity index (χ0v) is 13.6. The van der Waals surface area contributed by atoms with Crippen molar-refractivity contribution in [3.8, 4) is 5.75 Å². The second kappa shape index (κ2) is 6.58. The molecule has 0 radical (unpaired) electrons. The van der Waals surface area contributed by atoms with Crippen LogP contribution in [-0.2, 0) is 6.42 Å². The molecule has 0 saturated heterocycles. The highest BCUT2D eigenvalue weighted by atomic mass is 79.9. The monoisotopic (exact) mass is 313 g/mol. The highest BCUT2D eigenvalue weighted by Crippen LogP contribution is 2.37. The van der Waals surface area contributed by atoms with Crippen LogP contribution in [0, 0.1) is 26.7 Å². The molecule has 1 aromatic carbocycles. The van der Waals surface area contributed by atoms with Crippen molar-refractivity contribution in [2.45, 2.75) is 40.5 Å². The van der Waals surface area contributed by atoms with Crippen LogP contribution in [0.5, 0.6) is 5.75 Å². The molecule has 0 saturated carbocycles. The number of hydrogen-bond donors (Lipinski definition) is 1. The number of methoxy groups -OCH3 is 1. The number of hydrogen-bond acceptors (Lipinski definition) is 2. The maximum absolute atomic E-state index is 5.64. The summed E-state index contributed by atoms with van der Waals surface area (Å²) < 4.78 is 6.82. The third-order valence-electron chi connectivity index (χ3n) is 3.70. The summed E-state index contributed by atoms with van der Waals surface area (Å²) in [7, 11) is 1.76. The summed E-state index contributed by atoms with van der Waals surface area (Å²) in [6.07, 6.45) is 2.07. The minimum Gasteiger partial charge on any atom is -0.496 e. The Hall–Kier alpha value is -0.540. The molecular formula is C15H24BrNO. The molecule has 1 atom stereocenters. The van der Waals surface area contributed by atoms with Gasteiger partial charge in [-0.3, -0.25) is 0 Å². The second-order valence-electron chi connectivity index (χ2n) is 5.09. The van der Waals surface area contributed by atoms with Gasteiger partial charge in [0.1, 0.15) is 5.75 Å². The molecule has 0 spiro atoms. The number of benzene rings is 1. The zero-order valence-electron chi connectivity index (χ0n) is 12.1. The lowest BCUT2D eigenvalue weighted by molar-refractivity contribution is 0.400. The van der Waals surface area contributed by atoms with Gasteiger partial charge in [-0.1, -0.05) is 22.9 Å². The summed E-state index contributed by atoms with van der Waals surface area (Å²) >= 11 is 3.69. The van der Waals surface area contributed by atoms with Crippen LogP contribution in [-0.4, -0.2) is 13.7 Å². The molecule has 0 aliphatic heterocycles. The molecule has 0 aromatic heterocycles. The van der Waals surface area contributed by atoms with Gasteiger partial charge in [0.15, 0.2) is 0 Å². The molecule has 1 aromatic rings. The van der Waals surface area contributed by atoms with E-state index >= 15 is 0 Å². The highest BCUT2D eigenvalue weighted by molar-refractivity contribution is 9.10. The van der Waals surface area contributed by atoms with Gasteiger partial charge in [0.2, 0.25) is 0 Å². The molecule has 0 amide bonds. The van der Waals surface area contributed by atoms with Crippen molar-refractivity contribution in [2.24, 2.45) is 11.7 Å². The molecule has 2 N–H and O–H groups in total. The van der Waals surface area contributed by atoms with Crippen LogP contribution in [0.4, 0.5) is 0 Å². The minimum atomic E-state index is 0.580. The normalized spacial score (nSPS) is 12.6. The van der Waals surface area contributed by atoms with Gasteiger partial charge >= 0.3 is 0 Å². The van der Waals surface area contributed by atoms with Gasteiger partial charge in [-0.25, -0.2) is 0 Å². The Labute approximate surface area is 119 Å². The molecule has 102 valence electrons. The van der Waals surface area contributed by atoms with E-state index in [1.807, 2.05) is 0 Å². The van der Waals surface area contributed by atoms with E-state index in [1.54, 1.807) is 7.11 Å². The quantitative estimate of drug-likeness (QED) is 0.894. The lowest BCUT2D eigenvalue weighted by Gasteiger charge is -2.21. The SMILES string of the molecule is COc1c(C)c(C)c(Br)c(C)c1CC(C)CCN. The Morgan fingerprint density at radius 2 is 1.78 bits per heavy atom. The Morgan fingerprint density at radius 3 is 2.28 bits per heavy atom. The summed E-state index contributed by atoms with van der Waals surface area (Å²) in [5.74, 6) is 1.62. The predicted octanol–water partition coefficient (Wildman–Crippen LogP) is 3.91. The Kier molecular flexibility index (Phi) is 5.67. The fraction of sp³-hybridized carbons (Fsp3) is 0.600. The van der Waals surface area contributed by atoms with Crippen molar-refractivity contribution < 1.29 is 4.74 Å². The molecule has 3 heteroatoms. The van der Waals surface area contributed by atoms with Crippen LogP contribution in [0.15, 0.2) is 4.47 Å². The summed E-state index contributed by atoms with van der Waals surface area (Å²) in [6, 6.07) is 0. The summed E-state index contributed by atoms with van der Waals surface area (Å²) in [6.45, 7) is 9.39. The van der Waals surface area contributed by atoms with Crippen LogP contribution in [0.1, 0.15) is 35.6 Å². The van der Waals surface area contributed by atoms with Crippen molar-refractivity contribution >= 4 is 15.9 Å². The van der Waals surface area contributed by atoms with Gasteiger partial charge in [0, 0.05) is 4.47 Å². The van der Waals surface area contributed by atoms with E-state index in [9.17, 15) is 0 Å². The van der Waals surface area contributed by atoms with Gasteiger partial charge < -0.3 is 10.5 Å². The first-order valence-electron chi connectivity index (χ1n) is 6.46. The third kappa shape index (κ3) is 3.07. The molecule has 0 aliphatic rings. The lowest BCUT2D eigenvalue weighted by atomic mass is 9.91. The van der Waals surface area contributed by atoms with Crippen molar-refractivity contribution in [1.29, 1.82) is 0 Å². The van der Waals surface area contributed by atoms with Gasteiger partial charge in [-0.15, -0.1) is 0 Å². The first-order valence-corrected chi connectivity index (χ1v) is 7.25. The van der Waals surface area contributed by atoms with E-state index in [0.717, 1.165) is 25.1 Å². The lowest BCUT2D eigenvalue weighted by Crippen LogP contribution is -2.11. The average Bonchev–Trinajstić information content (AvgIpc) is 2.34. The minimum absolute atomic E-state index is 0.580. The van der Waals surface area contributed by atoms with E-state index in [4.69, 9.17) is 10.5 Å². The van der Waals surface area contributed by atoms with E-state index in [-0.39, 0.29) is 0 Å². The van der Waals surface area contributed by atoms with Crippen LogP contribution < -0.4 is 10.5 Å². The van der Waals surface area contributed by atoms with Crippen molar-refractivity contribution in [1.82, 2.24) is 0 Å². The fourth-order valence-electron chi connectivity index (χ4n) is 2.40. The molecule has 0 fully saturated rings. The zero-order chi connectivity index (χ0) is 13.9. The predicted molar refractivity (Wildman–Crippen MR) is 81.4 cm³/mol. The number of rotatable bonds is 5. The molecule has 2 nitrogen and oxygen atoms in total. The second-order valence-corrected chi connectivity index (χ2v) is 5.88. The fourth-order valence-corrected chi connectivity index (χ4v) is 2.94. The van der Waals surface area contributed by atoms with Gasteiger partial charge in [0.05, 0.1) is 7.11 Å². The molecular weight excluding hydrogens is 290 g/mol. The Morgan fingerprint density at radius 1 is 1.17 bits per heavy atom. The third-order valence-corrected chi connectivity index (χ3v) is 4.89. The van der Waals surface area contributed by atoms with Crippen molar-refractivity contribution in [2.75, 3.05) is 13.7 Å². The molecule has 0 bridgehead atoms. The van der Waals surface area contributed by atoms with E-state index in [0.29, 0.717) is 5.92 Å². The van der Waals surface area contributed by atoms with Crippen LogP contribution in [0.3, 0.4) is 0 Å². The summed E-state index contributed by atoms with van der Waals surface area (Å²) in [4.78, 5) is 0. The van der Waals surface area contributed by atoms with E-state index < -0.39 is 0 Å². The Balaban J connectivity index is 3.24. The van der Waals surface area contributed by atoms with Crippen molar-refractivity contribution in [3.05, 3.63) is 26.7 Å². The molecule has 1 rings (SSSR count).